The van der Waals surface area contributed by atoms with Crippen LogP contribution in [0.25, 0.3) is 0 Å². The second-order valence-electron chi connectivity index (χ2n) is 14.3. The predicted octanol–water partition coefficient (Wildman–Crippen LogP) is 7.10. The van der Waals surface area contributed by atoms with Crippen LogP contribution in [0, 0.1) is 33.0 Å². The number of carbonyl (C=O) groups excluding carboxylic acids is 3. The highest BCUT2D eigenvalue weighted by Gasteiger charge is 2.69. The van der Waals surface area contributed by atoms with Gasteiger partial charge in [-0.3, -0.25) is 14.4 Å². The van der Waals surface area contributed by atoms with E-state index in [0.717, 1.165) is 44.9 Å². The molecule has 7 atom stereocenters. The fraction of sp³-hybridized carbons (Fsp3) is 0.767. The van der Waals surface area contributed by atoms with Gasteiger partial charge in [0.15, 0.2) is 10.9 Å². The summed E-state index contributed by atoms with van der Waals surface area (Å²) in [5.74, 6) is 0.228. The van der Waals surface area contributed by atoms with Crippen molar-refractivity contribution in [1.82, 2.24) is 0 Å². The van der Waals surface area contributed by atoms with E-state index in [0.29, 0.717) is 4.48 Å². The zero-order valence-corrected chi connectivity index (χ0v) is 25.7. The van der Waals surface area contributed by atoms with Crippen LogP contribution in [0.2, 0.25) is 0 Å². The van der Waals surface area contributed by atoms with Gasteiger partial charge < -0.3 is 4.74 Å². The van der Waals surface area contributed by atoms with Gasteiger partial charge in [0.2, 0.25) is 0 Å². The lowest BCUT2D eigenvalue weighted by atomic mass is 9.46. The Balaban J connectivity index is 1.69. The average Bonchev–Trinajstić information content (AvgIpc) is 2.79. The van der Waals surface area contributed by atoms with Gasteiger partial charge in [-0.05, 0) is 90.1 Å². The summed E-state index contributed by atoms with van der Waals surface area (Å²) in [6.45, 7) is 13.4. The van der Waals surface area contributed by atoms with Crippen LogP contribution in [0.1, 0.15) is 86.5 Å². The maximum absolute atomic E-state index is 14.5. The normalized spacial score (nSPS) is 48.6. The topological polar surface area (TPSA) is 60.4 Å². The first-order valence-electron chi connectivity index (χ1n) is 13.5. The van der Waals surface area contributed by atoms with Crippen molar-refractivity contribution in [3.8, 4) is 0 Å². The molecule has 0 aromatic rings. The number of ketones is 1. The first-order chi connectivity index (χ1) is 16.5. The largest absolute Gasteiger partial charge is 0.469 e. The Morgan fingerprint density at radius 2 is 1.67 bits per heavy atom. The fourth-order valence-corrected chi connectivity index (χ4v) is 15.9. The van der Waals surface area contributed by atoms with Crippen molar-refractivity contribution >= 4 is 42.8 Å². The van der Waals surface area contributed by atoms with Gasteiger partial charge in [0.1, 0.15) is 0 Å². The molecule has 0 aromatic carbocycles. The molecule has 3 fully saturated rings. The van der Waals surface area contributed by atoms with E-state index >= 15 is 0 Å². The number of Topliss-reactive ketones (excluding diaryl/α,β-unsaturated/α-hetero) is 1. The summed E-state index contributed by atoms with van der Waals surface area (Å²) >= 11 is 3.60. The number of hydrogen-bond acceptors (Lipinski definition) is 4. The molecule has 0 bridgehead atoms. The molecule has 3 aliphatic carbocycles. The Bertz CT molecular complexity index is 1120. The van der Waals surface area contributed by atoms with E-state index in [2.05, 4.69) is 69.8 Å². The molecule has 36 heavy (non-hydrogen) atoms. The molecule has 2 saturated carbocycles. The molecule has 4 nitrogen and oxygen atoms in total. The summed E-state index contributed by atoms with van der Waals surface area (Å²) in [7, 11) is -0.296. The third-order valence-electron chi connectivity index (χ3n) is 11.6. The van der Waals surface area contributed by atoms with E-state index in [9.17, 15) is 14.4 Å². The molecule has 1 saturated heterocycles. The van der Waals surface area contributed by atoms with E-state index in [1.165, 1.54) is 12.7 Å². The quantitative estimate of drug-likeness (QED) is 0.311. The molecule has 200 valence electrons. The Labute approximate surface area is 226 Å². The lowest BCUT2D eigenvalue weighted by molar-refractivity contribution is -0.157. The van der Waals surface area contributed by atoms with Crippen molar-refractivity contribution in [2.75, 3.05) is 13.4 Å². The number of rotatable bonds is 1. The van der Waals surface area contributed by atoms with E-state index < -0.39 is 20.9 Å². The molecule has 2 heterocycles. The average molecular weight is 580 g/mol. The Morgan fingerprint density at radius 1 is 1.00 bits per heavy atom. The van der Waals surface area contributed by atoms with E-state index in [4.69, 9.17) is 4.74 Å². The zero-order valence-electron chi connectivity index (χ0n) is 23.3. The highest BCUT2D eigenvalue weighted by Crippen LogP contribution is 2.79. The van der Waals surface area contributed by atoms with Gasteiger partial charge in [-0.2, -0.15) is 10.0 Å². The molecule has 5 rings (SSSR count). The van der Waals surface area contributed by atoms with Gasteiger partial charge in [0.25, 0.3) is 0 Å². The molecule has 2 aliphatic heterocycles. The van der Waals surface area contributed by atoms with E-state index in [-0.39, 0.29) is 49.5 Å². The van der Waals surface area contributed by atoms with Gasteiger partial charge >= 0.3 is 5.97 Å². The maximum Gasteiger partial charge on any atom is 0.312 e. The summed E-state index contributed by atoms with van der Waals surface area (Å²) in [6.07, 6.45) is 12.8. The van der Waals surface area contributed by atoms with Crippen molar-refractivity contribution in [3.05, 3.63) is 22.2 Å². The van der Waals surface area contributed by atoms with Crippen LogP contribution in [0.5, 0.6) is 0 Å². The molecule has 0 amide bonds. The summed E-state index contributed by atoms with van der Waals surface area (Å²) in [5, 5.41) is 0.566. The smallest absolute Gasteiger partial charge is 0.312 e. The van der Waals surface area contributed by atoms with Gasteiger partial charge in [0, 0.05) is 26.7 Å². The number of halogens is 1. The van der Waals surface area contributed by atoms with Gasteiger partial charge in [-0.1, -0.05) is 47.6 Å². The number of esters is 1. The molecule has 6 heteroatoms. The SMILES string of the molecule is COC(=O)C12CCC3C4(C)CCC5C(C)(C)C(=O)C(Br)=CC5(C)C4=CC(=O)S3(C)C1CC(C)(C)CC2. The molecule has 0 spiro atoms. The number of ether oxygens (including phenoxy) is 1. The fourth-order valence-electron chi connectivity index (χ4n) is 9.62. The summed E-state index contributed by atoms with van der Waals surface area (Å²) in [6, 6.07) is 0. The highest BCUT2D eigenvalue weighted by molar-refractivity contribution is 9.12. The number of fused-ring (bicyclic) bond motifs is 7. The lowest BCUT2D eigenvalue weighted by Crippen LogP contribution is -2.63. The van der Waals surface area contributed by atoms with Crippen LogP contribution in [0.3, 0.4) is 0 Å². The number of carbonyl (C=O) groups is 3. The molecule has 5 aliphatic rings. The predicted molar refractivity (Wildman–Crippen MR) is 150 cm³/mol. The number of hydrogen-bond donors (Lipinski definition) is 0. The zero-order chi connectivity index (χ0) is 26.7. The second kappa shape index (κ2) is 7.83. The molecule has 0 N–H and O–H groups in total. The first-order valence-corrected chi connectivity index (χ1v) is 16.5. The summed E-state index contributed by atoms with van der Waals surface area (Å²) in [4.78, 5) is 41.0. The monoisotopic (exact) mass is 578 g/mol. The Hall–Kier alpha value is -0.880. The second-order valence-corrected chi connectivity index (χ2v) is 18.8. The minimum absolute atomic E-state index is 0.0549. The third-order valence-corrected chi connectivity index (χ3v) is 16.9. The van der Waals surface area contributed by atoms with E-state index in [1.807, 2.05) is 6.08 Å². The molecule has 0 radical (unpaired) electrons. The first kappa shape index (κ1) is 26.7. The highest BCUT2D eigenvalue weighted by atomic mass is 79.9. The van der Waals surface area contributed by atoms with Crippen molar-refractivity contribution in [3.63, 3.8) is 0 Å². The van der Waals surface area contributed by atoms with Crippen LogP contribution in [-0.2, 0) is 19.1 Å². The van der Waals surface area contributed by atoms with Gasteiger partial charge in [-0.15, -0.1) is 0 Å². The molecular formula is C30H43BrO4S. The van der Waals surface area contributed by atoms with Crippen LogP contribution >= 0.6 is 26.0 Å². The van der Waals surface area contributed by atoms with Crippen LogP contribution < -0.4 is 0 Å². The van der Waals surface area contributed by atoms with E-state index in [1.54, 1.807) is 0 Å². The number of allylic oxidation sites excluding steroid dienone is 3. The molecule has 0 aromatic heterocycles. The number of methoxy groups -OCH3 is 1. The van der Waals surface area contributed by atoms with Crippen molar-refractivity contribution in [2.45, 2.75) is 97.0 Å². The maximum atomic E-state index is 14.5. The van der Waals surface area contributed by atoms with Crippen LogP contribution in [0.4, 0.5) is 0 Å². The summed E-state index contributed by atoms with van der Waals surface area (Å²) < 4.78 is 6.09. The van der Waals surface area contributed by atoms with Crippen molar-refractivity contribution < 1.29 is 19.1 Å². The van der Waals surface area contributed by atoms with Crippen molar-refractivity contribution in [2.24, 2.45) is 33.0 Å². The van der Waals surface area contributed by atoms with Crippen LogP contribution in [0.15, 0.2) is 22.2 Å². The minimum Gasteiger partial charge on any atom is -0.469 e. The van der Waals surface area contributed by atoms with Crippen LogP contribution in [-0.4, -0.2) is 40.7 Å². The third kappa shape index (κ3) is 3.15. The molecular weight excluding hydrogens is 536 g/mol. The minimum atomic E-state index is -1.81. The lowest BCUT2D eigenvalue weighted by Gasteiger charge is -2.69. The Kier molecular flexibility index (Phi) is 5.81. The standard InChI is InChI=1S/C30H43BrO4S/c1-26(2)13-14-30(25(34)35-7)12-10-21-28(5)11-9-19-27(3,4)24(33)18(31)16-29(19,6)20(28)15-23(32)36(21,8)22(30)17-26/h15-16,19,21-22H,9-14,17H2,1-8H3. The van der Waals surface area contributed by atoms with Gasteiger partial charge in [0.05, 0.1) is 17.0 Å². The molecule has 7 unspecified atom stereocenters. The van der Waals surface area contributed by atoms with Crippen molar-refractivity contribution in [1.29, 1.82) is 0 Å². The van der Waals surface area contributed by atoms with Gasteiger partial charge in [-0.25, -0.2) is 0 Å². The summed E-state index contributed by atoms with van der Waals surface area (Å²) in [5.41, 5.74) is -0.150. The Morgan fingerprint density at radius 3 is 2.31 bits per heavy atom.